The summed E-state index contributed by atoms with van der Waals surface area (Å²) >= 11 is 0. The molecule has 3 rings (SSSR count). The Hall–Kier alpha value is -1.77. The summed E-state index contributed by atoms with van der Waals surface area (Å²) < 4.78 is 39.8. The molecule has 0 bridgehead atoms. The third kappa shape index (κ3) is 4.49. The number of sulfonamides is 1. The number of halogens is 1. The molecule has 1 atom stereocenters. The largest absolute Gasteiger partial charge is 0.352 e. The number of amides is 1. The Labute approximate surface area is 153 Å². The lowest BCUT2D eigenvalue weighted by atomic mass is 9.98. The molecule has 8 heteroatoms. The number of piperidine rings is 1. The zero-order valence-electron chi connectivity index (χ0n) is 14.6. The third-order valence-corrected chi connectivity index (χ3v) is 6.73. The Morgan fingerprint density at radius 1 is 1.31 bits per heavy atom. The standard InChI is InChI=1S/C18H24FN3O3S/c19-16-3-5-17(6-4-16)26(24,25)22-11-1-2-15(13-22)18(23)21-12-14-7-9-20-10-8-14/h3-7,15,20H,1-2,8-13H2,(H,21,23). The first-order valence-electron chi connectivity index (χ1n) is 8.89. The molecule has 2 N–H and O–H groups in total. The van der Waals surface area contributed by atoms with Crippen molar-refractivity contribution < 1.29 is 17.6 Å². The highest BCUT2D eigenvalue weighted by Gasteiger charge is 2.33. The molecule has 2 heterocycles. The van der Waals surface area contributed by atoms with Gasteiger partial charge in [0.2, 0.25) is 15.9 Å². The van der Waals surface area contributed by atoms with Crippen LogP contribution in [0.1, 0.15) is 19.3 Å². The van der Waals surface area contributed by atoms with Gasteiger partial charge in [-0.1, -0.05) is 11.6 Å². The van der Waals surface area contributed by atoms with Crippen LogP contribution in [0, 0.1) is 11.7 Å². The molecule has 1 amide bonds. The molecular formula is C18H24FN3O3S. The fourth-order valence-electron chi connectivity index (χ4n) is 3.31. The van der Waals surface area contributed by atoms with Gasteiger partial charge in [-0.3, -0.25) is 4.79 Å². The number of nitrogens with one attached hydrogen (secondary N) is 2. The van der Waals surface area contributed by atoms with Crippen LogP contribution in [0.4, 0.5) is 4.39 Å². The van der Waals surface area contributed by atoms with Gasteiger partial charge in [0.15, 0.2) is 0 Å². The van der Waals surface area contributed by atoms with Crippen molar-refractivity contribution in [2.24, 2.45) is 5.92 Å². The number of nitrogens with zero attached hydrogens (tertiary/aromatic N) is 1. The fourth-order valence-corrected chi connectivity index (χ4v) is 4.83. The smallest absolute Gasteiger partial charge is 0.243 e. The van der Waals surface area contributed by atoms with E-state index in [1.54, 1.807) is 0 Å². The molecule has 2 aliphatic heterocycles. The van der Waals surface area contributed by atoms with E-state index >= 15 is 0 Å². The van der Waals surface area contributed by atoms with E-state index in [1.165, 1.54) is 22.0 Å². The van der Waals surface area contributed by atoms with Gasteiger partial charge in [0.25, 0.3) is 0 Å². The second kappa shape index (κ2) is 8.28. The Balaban J connectivity index is 1.62. The maximum absolute atomic E-state index is 13.1. The molecule has 1 aromatic rings. The molecule has 0 spiro atoms. The highest BCUT2D eigenvalue weighted by Crippen LogP contribution is 2.24. The molecule has 0 radical (unpaired) electrons. The Morgan fingerprint density at radius 3 is 2.77 bits per heavy atom. The van der Waals surface area contributed by atoms with Crippen LogP contribution in [-0.4, -0.2) is 51.4 Å². The van der Waals surface area contributed by atoms with E-state index in [0.717, 1.165) is 31.6 Å². The normalized spacial score (nSPS) is 21.9. The van der Waals surface area contributed by atoms with E-state index in [1.807, 2.05) is 0 Å². The zero-order valence-corrected chi connectivity index (χ0v) is 15.4. The molecule has 1 fully saturated rings. The Kier molecular flexibility index (Phi) is 6.05. The number of carbonyl (C=O) groups excluding carboxylic acids is 1. The number of benzene rings is 1. The molecule has 1 saturated heterocycles. The van der Waals surface area contributed by atoms with Crippen molar-refractivity contribution in [3.05, 3.63) is 41.7 Å². The van der Waals surface area contributed by atoms with Crippen molar-refractivity contribution in [2.45, 2.75) is 24.2 Å². The van der Waals surface area contributed by atoms with Crippen LogP contribution in [0.15, 0.2) is 40.8 Å². The van der Waals surface area contributed by atoms with E-state index in [9.17, 15) is 17.6 Å². The monoisotopic (exact) mass is 381 g/mol. The summed E-state index contributed by atoms with van der Waals surface area (Å²) in [4.78, 5) is 12.5. The first-order chi connectivity index (χ1) is 12.5. The van der Waals surface area contributed by atoms with Crippen molar-refractivity contribution in [1.29, 1.82) is 0 Å². The molecule has 0 aromatic heterocycles. The van der Waals surface area contributed by atoms with Gasteiger partial charge in [-0.2, -0.15) is 4.31 Å². The van der Waals surface area contributed by atoms with E-state index in [2.05, 4.69) is 16.7 Å². The van der Waals surface area contributed by atoms with Crippen LogP contribution in [0.25, 0.3) is 0 Å². The van der Waals surface area contributed by atoms with Gasteiger partial charge in [0.1, 0.15) is 5.82 Å². The van der Waals surface area contributed by atoms with E-state index < -0.39 is 15.8 Å². The van der Waals surface area contributed by atoms with Gasteiger partial charge < -0.3 is 10.6 Å². The number of hydrogen-bond donors (Lipinski definition) is 2. The topological polar surface area (TPSA) is 78.5 Å². The van der Waals surface area contributed by atoms with Crippen LogP contribution in [-0.2, 0) is 14.8 Å². The quantitative estimate of drug-likeness (QED) is 0.753. The minimum atomic E-state index is -3.71. The van der Waals surface area contributed by atoms with E-state index in [-0.39, 0.29) is 23.3 Å². The fraction of sp³-hybridized carbons (Fsp3) is 0.500. The summed E-state index contributed by atoms with van der Waals surface area (Å²) in [7, 11) is -3.71. The van der Waals surface area contributed by atoms with Crippen molar-refractivity contribution >= 4 is 15.9 Å². The minimum Gasteiger partial charge on any atom is -0.352 e. The molecule has 1 aromatic carbocycles. The average molecular weight is 381 g/mol. The summed E-state index contributed by atoms with van der Waals surface area (Å²) in [5.41, 5.74) is 1.20. The number of hydrogen-bond acceptors (Lipinski definition) is 4. The van der Waals surface area contributed by atoms with Gasteiger partial charge in [0, 0.05) is 26.2 Å². The van der Waals surface area contributed by atoms with Crippen molar-refractivity contribution in [3.63, 3.8) is 0 Å². The molecule has 142 valence electrons. The van der Waals surface area contributed by atoms with Gasteiger partial charge in [-0.25, -0.2) is 12.8 Å². The van der Waals surface area contributed by atoms with E-state index in [4.69, 9.17) is 0 Å². The van der Waals surface area contributed by atoms with Gasteiger partial charge in [0.05, 0.1) is 10.8 Å². The third-order valence-electron chi connectivity index (χ3n) is 4.85. The molecule has 2 aliphatic rings. The molecule has 1 unspecified atom stereocenters. The SMILES string of the molecule is O=C(NCC1=CCNCC1)C1CCCN(S(=O)(=O)c2ccc(F)cc2)C1. The van der Waals surface area contributed by atoms with Crippen molar-refractivity contribution in [1.82, 2.24) is 14.9 Å². The Morgan fingerprint density at radius 2 is 2.08 bits per heavy atom. The van der Waals surface area contributed by atoms with Gasteiger partial charge in [-0.15, -0.1) is 0 Å². The molecule has 0 saturated carbocycles. The average Bonchev–Trinajstić information content (AvgIpc) is 2.67. The van der Waals surface area contributed by atoms with Crippen LogP contribution in [0.5, 0.6) is 0 Å². The summed E-state index contributed by atoms with van der Waals surface area (Å²) in [6.07, 6.45) is 4.29. The van der Waals surface area contributed by atoms with Gasteiger partial charge in [-0.05, 0) is 50.1 Å². The second-order valence-corrected chi connectivity index (χ2v) is 8.63. The maximum Gasteiger partial charge on any atom is 0.243 e. The Bertz CT molecular complexity index is 777. The molecule has 0 aliphatic carbocycles. The summed E-state index contributed by atoms with van der Waals surface area (Å²) in [5, 5.41) is 6.16. The highest BCUT2D eigenvalue weighted by atomic mass is 32.2. The number of rotatable bonds is 5. The van der Waals surface area contributed by atoms with Crippen LogP contribution < -0.4 is 10.6 Å². The summed E-state index contributed by atoms with van der Waals surface area (Å²) in [6, 6.07) is 4.79. The highest BCUT2D eigenvalue weighted by molar-refractivity contribution is 7.89. The van der Waals surface area contributed by atoms with Crippen LogP contribution in [0.3, 0.4) is 0 Å². The van der Waals surface area contributed by atoms with Crippen molar-refractivity contribution in [2.75, 3.05) is 32.7 Å². The first kappa shape index (κ1) is 19.0. The van der Waals surface area contributed by atoms with Gasteiger partial charge >= 0.3 is 0 Å². The molecule has 26 heavy (non-hydrogen) atoms. The zero-order chi connectivity index (χ0) is 18.6. The summed E-state index contributed by atoms with van der Waals surface area (Å²) in [5.74, 6) is -0.947. The molecule has 6 nitrogen and oxygen atoms in total. The predicted octanol–water partition coefficient (Wildman–Crippen LogP) is 1.26. The predicted molar refractivity (Wildman–Crippen MR) is 96.5 cm³/mol. The second-order valence-electron chi connectivity index (χ2n) is 6.69. The lowest BCUT2D eigenvalue weighted by Gasteiger charge is -2.31. The van der Waals surface area contributed by atoms with Crippen LogP contribution >= 0.6 is 0 Å². The maximum atomic E-state index is 13.1. The van der Waals surface area contributed by atoms with Crippen molar-refractivity contribution in [3.8, 4) is 0 Å². The lowest BCUT2D eigenvalue weighted by molar-refractivity contribution is -0.125. The van der Waals surface area contributed by atoms with Crippen LogP contribution in [0.2, 0.25) is 0 Å². The lowest BCUT2D eigenvalue weighted by Crippen LogP contribution is -2.45. The minimum absolute atomic E-state index is 0.0554. The first-order valence-corrected chi connectivity index (χ1v) is 10.3. The number of carbonyl (C=O) groups is 1. The summed E-state index contributed by atoms with van der Waals surface area (Å²) in [6.45, 7) is 2.78. The van der Waals surface area contributed by atoms with E-state index in [0.29, 0.717) is 25.9 Å². The molecular weight excluding hydrogens is 357 g/mol.